The van der Waals surface area contributed by atoms with Crippen LogP contribution in [0.4, 0.5) is 13.2 Å². The molecule has 0 aliphatic rings. The van der Waals surface area contributed by atoms with Crippen molar-refractivity contribution in [3.63, 3.8) is 0 Å². The van der Waals surface area contributed by atoms with Gasteiger partial charge in [0.15, 0.2) is 5.69 Å². The highest BCUT2D eigenvalue weighted by Crippen LogP contribution is 2.39. The third-order valence-corrected chi connectivity index (χ3v) is 2.96. The van der Waals surface area contributed by atoms with E-state index < -0.39 is 11.9 Å². The normalized spacial score (nSPS) is 11.8. The predicted molar refractivity (Wildman–Crippen MR) is 59.1 cm³/mol. The summed E-state index contributed by atoms with van der Waals surface area (Å²) in [5.41, 5.74) is 0.0731. The van der Waals surface area contributed by atoms with Crippen LogP contribution < -0.4 is 0 Å². The Hall–Kier alpha value is -1.37. The fraction of sp³-hybridized carbons (Fsp3) is 0.200. The summed E-state index contributed by atoms with van der Waals surface area (Å²) in [5, 5.41) is 3.48. The minimum atomic E-state index is -4.47. The first-order valence-corrected chi connectivity index (χ1v) is 5.40. The molecular weight excluding hydrogens is 299 g/mol. The summed E-state index contributed by atoms with van der Waals surface area (Å²) in [6.07, 6.45) is -1.44. The number of hydrogen-bond donors (Lipinski definition) is 0. The van der Waals surface area contributed by atoms with Crippen LogP contribution in [0.15, 0.2) is 29.0 Å². The SMILES string of the molecule is Cn1nc(C(F)(F)F)c(Br)c1-c1ccncc1. The van der Waals surface area contributed by atoms with E-state index in [9.17, 15) is 13.2 Å². The largest absolute Gasteiger partial charge is 0.436 e. The zero-order valence-electron chi connectivity index (χ0n) is 8.66. The molecule has 0 fully saturated rings. The maximum Gasteiger partial charge on any atom is 0.436 e. The lowest BCUT2D eigenvalue weighted by atomic mass is 10.2. The van der Waals surface area contributed by atoms with Gasteiger partial charge in [-0.25, -0.2) is 0 Å². The molecule has 90 valence electrons. The van der Waals surface area contributed by atoms with E-state index in [4.69, 9.17) is 0 Å². The Bertz CT molecular complexity index is 534. The molecule has 0 aromatic carbocycles. The molecule has 7 heteroatoms. The lowest BCUT2D eigenvalue weighted by Gasteiger charge is -2.03. The summed E-state index contributed by atoms with van der Waals surface area (Å²) in [6, 6.07) is 3.25. The van der Waals surface area contributed by atoms with Crippen molar-refractivity contribution in [3.05, 3.63) is 34.7 Å². The zero-order valence-corrected chi connectivity index (χ0v) is 10.2. The molecule has 0 N–H and O–H groups in total. The third kappa shape index (κ3) is 2.19. The van der Waals surface area contributed by atoms with E-state index in [1.54, 1.807) is 12.1 Å². The van der Waals surface area contributed by atoms with Crippen LogP contribution in [0.25, 0.3) is 11.3 Å². The first kappa shape index (κ1) is 12.1. The Morgan fingerprint density at radius 1 is 1.24 bits per heavy atom. The molecule has 2 aromatic heterocycles. The van der Waals surface area contributed by atoms with Crippen LogP contribution >= 0.6 is 15.9 Å². The molecule has 0 saturated heterocycles. The van der Waals surface area contributed by atoms with Gasteiger partial charge in [0.1, 0.15) is 0 Å². The van der Waals surface area contributed by atoms with Crippen LogP contribution in [-0.4, -0.2) is 14.8 Å². The lowest BCUT2D eigenvalue weighted by Crippen LogP contribution is -2.07. The molecule has 0 unspecified atom stereocenters. The molecule has 0 spiro atoms. The standard InChI is InChI=1S/C10H7BrF3N3/c1-17-8(6-2-4-15-5-3-6)7(11)9(16-17)10(12,13)14/h2-5H,1H3. The van der Waals surface area contributed by atoms with Crippen molar-refractivity contribution in [2.45, 2.75) is 6.18 Å². The Kier molecular flexibility index (Phi) is 2.94. The van der Waals surface area contributed by atoms with Crippen molar-refractivity contribution in [2.24, 2.45) is 7.05 Å². The topological polar surface area (TPSA) is 30.7 Å². The zero-order chi connectivity index (χ0) is 12.6. The molecular formula is C10H7BrF3N3. The Morgan fingerprint density at radius 2 is 1.82 bits per heavy atom. The highest BCUT2D eigenvalue weighted by Gasteiger charge is 2.38. The van der Waals surface area contributed by atoms with Gasteiger partial charge in [0.05, 0.1) is 10.2 Å². The number of rotatable bonds is 1. The van der Waals surface area contributed by atoms with Crippen molar-refractivity contribution in [1.29, 1.82) is 0 Å². The van der Waals surface area contributed by atoms with Gasteiger partial charge >= 0.3 is 6.18 Å². The van der Waals surface area contributed by atoms with E-state index in [0.717, 1.165) is 0 Å². The van der Waals surface area contributed by atoms with Gasteiger partial charge in [-0.1, -0.05) is 0 Å². The van der Waals surface area contributed by atoms with Gasteiger partial charge in [0.2, 0.25) is 0 Å². The molecule has 17 heavy (non-hydrogen) atoms. The average molecular weight is 306 g/mol. The number of aromatic nitrogens is 3. The summed E-state index contributed by atoms with van der Waals surface area (Å²) in [7, 11) is 1.47. The van der Waals surface area contributed by atoms with Gasteiger partial charge in [-0.05, 0) is 28.1 Å². The summed E-state index contributed by atoms with van der Waals surface area (Å²) in [5.74, 6) is 0. The number of hydrogen-bond acceptors (Lipinski definition) is 2. The molecule has 3 nitrogen and oxygen atoms in total. The first-order chi connectivity index (χ1) is 7.91. The first-order valence-electron chi connectivity index (χ1n) is 4.61. The van der Waals surface area contributed by atoms with Crippen LogP contribution in [0.1, 0.15) is 5.69 Å². The second-order valence-corrected chi connectivity index (χ2v) is 4.16. The van der Waals surface area contributed by atoms with Crippen LogP contribution in [0.3, 0.4) is 0 Å². The molecule has 0 amide bonds. The molecule has 0 saturated carbocycles. The van der Waals surface area contributed by atoms with E-state index in [0.29, 0.717) is 11.3 Å². The Morgan fingerprint density at radius 3 is 2.29 bits per heavy atom. The van der Waals surface area contributed by atoms with Gasteiger partial charge in [0, 0.05) is 25.0 Å². The molecule has 0 aliphatic heterocycles. The third-order valence-electron chi connectivity index (χ3n) is 2.21. The predicted octanol–water partition coefficient (Wildman–Crippen LogP) is 3.26. The minimum Gasteiger partial charge on any atom is -0.266 e. The molecule has 0 radical (unpaired) electrons. The fourth-order valence-electron chi connectivity index (χ4n) is 1.50. The maximum atomic E-state index is 12.6. The van der Waals surface area contributed by atoms with E-state index in [2.05, 4.69) is 26.0 Å². The lowest BCUT2D eigenvalue weighted by molar-refractivity contribution is -0.142. The fourth-order valence-corrected chi connectivity index (χ4v) is 2.29. The highest BCUT2D eigenvalue weighted by atomic mass is 79.9. The Labute approximate surface area is 103 Å². The van der Waals surface area contributed by atoms with Gasteiger partial charge in [0.25, 0.3) is 0 Å². The van der Waals surface area contributed by atoms with Crippen molar-refractivity contribution >= 4 is 15.9 Å². The monoisotopic (exact) mass is 305 g/mol. The molecule has 0 bridgehead atoms. The summed E-state index contributed by atoms with van der Waals surface area (Å²) < 4.78 is 39.1. The molecule has 2 rings (SSSR count). The maximum absolute atomic E-state index is 12.6. The van der Waals surface area contributed by atoms with Crippen molar-refractivity contribution in [1.82, 2.24) is 14.8 Å². The smallest absolute Gasteiger partial charge is 0.266 e. The average Bonchev–Trinajstić information content (AvgIpc) is 2.55. The number of aryl methyl sites for hydroxylation is 1. The number of nitrogens with zero attached hydrogens (tertiary/aromatic N) is 3. The number of pyridine rings is 1. The van der Waals surface area contributed by atoms with Gasteiger partial charge in [-0.15, -0.1) is 0 Å². The molecule has 0 atom stereocenters. The summed E-state index contributed by atoms with van der Waals surface area (Å²) >= 11 is 2.95. The van der Waals surface area contributed by atoms with Gasteiger partial charge in [-0.2, -0.15) is 18.3 Å². The quantitative estimate of drug-likeness (QED) is 0.809. The van der Waals surface area contributed by atoms with Crippen molar-refractivity contribution in [2.75, 3.05) is 0 Å². The van der Waals surface area contributed by atoms with Crippen molar-refractivity contribution < 1.29 is 13.2 Å². The van der Waals surface area contributed by atoms with Crippen LogP contribution in [0.2, 0.25) is 0 Å². The van der Waals surface area contributed by atoms with Crippen molar-refractivity contribution in [3.8, 4) is 11.3 Å². The van der Waals surface area contributed by atoms with Gasteiger partial charge < -0.3 is 0 Å². The van der Waals surface area contributed by atoms with E-state index in [-0.39, 0.29) is 4.47 Å². The van der Waals surface area contributed by atoms with Crippen LogP contribution in [0.5, 0.6) is 0 Å². The van der Waals surface area contributed by atoms with Gasteiger partial charge in [-0.3, -0.25) is 9.67 Å². The minimum absolute atomic E-state index is 0.0568. The molecule has 2 aromatic rings. The summed E-state index contributed by atoms with van der Waals surface area (Å²) in [4.78, 5) is 3.82. The Balaban J connectivity index is 2.61. The number of halogens is 4. The highest BCUT2D eigenvalue weighted by molar-refractivity contribution is 9.10. The van der Waals surface area contributed by atoms with Crippen LogP contribution in [-0.2, 0) is 13.2 Å². The summed E-state index contributed by atoms with van der Waals surface area (Å²) in [6.45, 7) is 0. The van der Waals surface area contributed by atoms with E-state index >= 15 is 0 Å². The van der Waals surface area contributed by atoms with Crippen LogP contribution in [0, 0.1) is 0 Å². The van der Waals surface area contributed by atoms with E-state index in [1.165, 1.54) is 24.1 Å². The van der Waals surface area contributed by atoms with E-state index in [1.807, 2.05) is 0 Å². The molecule has 2 heterocycles. The second-order valence-electron chi connectivity index (χ2n) is 3.37. The number of alkyl halides is 3. The second kappa shape index (κ2) is 4.14. The molecule has 0 aliphatic carbocycles.